The van der Waals surface area contributed by atoms with Gasteiger partial charge in [-0.25, -0.2) is 14.1 Å². The fourth-order valence-electron chi connectivity index (χ4n) is 3.13. The number of aryl methyl sites for hydroxylation is 1. The number of aromatic nitrogens is 2. The fourth-order valence-corrected chi connectivity index (χ4v) is 3.36. The Hall–Kier alpha value is -3.87. The first-order valence-corrected chi connectivity index (χ1v) is 10.6. The zero-order chi connectivity index (χ0) is 28.6. The Kier molecular flexibility index (Phi) is 7.64. The van der Waals surface area contributed by atoms with E-state index in [4.69, 9.17) is 22.6 Å². The molecule has 8 nitrogen and oxygen atoms in total. The van der Waals surface area contributed by atoms with Crippen LogP contribution in [-0.4, -0.2) is 40.2 Å². The number of nitrogens with one attached hydrogen (secondary N) is 1. The van der Waals surface area contributed by atoms with Crippen LogP contribution in [0.25, 0.3) is 5.57 Å². The molecule has 1 amide bonds. The largest absolute Gasteiger partial charge is 0.459 e. The molecule has 1 aliphatic carbocycles. The van der Waals surface area contributed by atoms with E-state index in [0.29, 0.717) is 23.7 Å². The van der Waals surface area contributed by atoms with Crippen LogP contribution in [0.5, 0.6) is 5.75 Å². The third-order valence-electron chi connectivity index (χ3n) is 5.27. The normalized spacial score (nSPS) is 15.6. The van der Waals surface area contributed by atoms with E-state index in [1.54, 1.807) is 0 Å². The van der Waals surface area contributed by atoms with E-state index in [0.717, 1.165) is 25.4 Å². The number of allylic oxidation sites excluding steroid dienone is 1. The van der Waals surface area contributed by atoms with E-state index >= 15 is 0 Å². The van der Waals surface area contributed by atoms with Crippen molar-refractivity contribution in [3.63, 3.8) is 0 Å². The number of hydrogen-bond acceptors (Lipinski definition) is 6. The zero-order valence-corrected chi connectivity index (χ0v) is 19.6. The van der Waals surface area contributed by atoms with Gasteiger partial charge in [-0.2, -0.15) is 41.1 Å². The molecule has 0 saturated heterocycles. The van der Waals surface area contributed by atoms with Crippen molar-refractivity contribution in [1.82, 2.24) is 15.1 Å². The summed E-state index contributed by atoms with van der Waals surface area (Å²) in [6.45, 7) is -3.83. The highest BCUT2D eigenvalue weighted by Crippen LogP contribution is 2.49. The fraction of sp³-hybridized carbons (Fsp3) is 0.333. The molecular formula is C21H15ClF8N6O2. The lowest BCUT2D eigenvalue weighted by molar-refractivity contribution is -0.291. The third kappa shape index (κ3) is 5.52. The van der Waals surface area contributed by atoms with Crippen molar-refractivity contribution in [3.05, 3.63) is 46.0 Å². The van der Waals surface area contributed by atoms with E-state index < -0.39 is 58.8 Å². The molecule has 0 spiro atoms. The van der Waals surface area contributed by atoms with Gasteiger partial charge >= 0.3 is 18.7 Å². The van der Waals surface area contributed by atoms with Crippen molar-refractivity contribution in [2.75, 3.05) is 0 Å². The third-order valence-corrected chi connectivity index (χ3v) is 5.58. The molecule has 1 saturated carbocycles. The first-order chi connectivity index (χ1) is 17.6. The molecular weight excluding hydrogens is 556 g/mol. The number of hydrogen-bond donors (Lipinski definition) is 2. The Morgan fingerprint density at radius 3 is 2.45 bits per heavy atom. The van der Waals surface area contributed by atoms with Gasteiger partial charge in [0.05, 0.1) is 16.7 Å². The number of carbonyl (C=O) groups is 1. The Morgan fingerprint density at radius 1 is 1.32 bits per heavy atom. The molecule has 17 heteroatoms. The topological polar surface area (TPSA) is 118 Å². The molecule has 0 unspecified atom stereocenters. The smallest absolute Gasteiger partial charge is 0.428 e. The molecule has 204 valence electrons. The number of carbonyl (C=O) groups excluding carboxylic acids is 1. The predicted molar refractivity (Wildman–Crippen MR) is 117 cm³/mol. The van der Waals surface area contributed by atoms with Crippen LogP contribution in [0.4, 0.5) is 40.9 Å². The Bertz CT molecular complexity index is 1360. The summed E-state index contributed by atoms with van der Waals surface area (Å²) in [5.41, 5.74) is 1.11. The molecule has 0 bridgehead atoms. The quantitative estimate of drug-likeness (QED) is 0.344. The summed E-state index contributed by atoms with van der Waals surface area (Å²) >= 11 is 5.95. The second-order valence-electron chi connectivity index (χ2n) is 7.92. The number of nitrogens with two attached hydrogens (primary N) is 1. The highest BCUT2D eigenvalue weighted by molar-refractivity contribution is 6.34. The van der Waals surface area contributed by atoms with Crippen molar-refractivity contribution in [2.24, 2.45) is 17.8 Å². The summed E-state index contributed by atoms with van der Waals surface area (Å²) in [4.78, 5) is 16.2. The first-order valence-electron chi connectivity index (χ1n) is 10.2. The number of nitriles is 1. The lowest BCUT2D eigenvalue weighted by Crippen LogP contribution is -2.35. The van der Waals surface area contributed by atoms with Gasteiger partial charge in [0, 0.05) is 30.6 Å². The van der Waals surface area contributed by atoms with Gasteiger partial charge in [0.15, 0.2) is 17.3 Å². The molecule has 1 aromatic heterocycles. The standard InChI is InChI=1S/C21H15ClF8N6O2/c1-36-16(14(38-18(24)25)15(35-36)20(26,27)21(28,29)30)33-7-9(6-31)10-4-11(12(22)5-13(10)23)17(37)34-19(8-32)2-3-19/h4-7,18H,2-3,31H2,1H3,(H,34,37). The maximum absolute atomic E-state index is 14.7. The molecule has 0 aliphatic heterocycles. The van der Waals surface area contributed by atoms with Gasteiger partial charge in [-0.15, -0.1) is 0 Å². The van der Waals surface area contributed by atoms with Crippen LogP contribution in [-0.2, 0) is 13.0 Å². The van der Waals surface area contributed by atoms with Gasteiger partial charge in [-0.1, -0.05) is 11.6 Å². The summed E-state index contributed by atoms with van der Waals surface area (Å²) in [7, 11) is 0.820. The summed E-state index contributed by atoms with van der Waals surface area (Å²) in [5, 5.41) is 14.2. The molecule has 0 radical (unpaired) electrons. The van der Waals surface area contributed by atoms with Crippen molar-refractivity contribution in [2.45, 2.75) is 37.1 Å². The Morgan fingerprint density at radius 2 is 1.95 bits per heavy atom. The van der Waals surface area contributed by atoms with Crippen LogP contribution in [0.3, 0.4) is 0 Å². The van der Waals surface area contributed by atoms with Gasteiger partial charge in [0.1, 0.15) is 11.4 Å². The molecule has 38 heavy (non-hydrogen) atoms. The minimum absolute atomic E-state index is 0.285. The monoisotopic (exact) mass is 570 g/mol. The lowest BCUT2D eigenvalue weighted by atomic mass is 10.0. The highest BCUT2D eigenvalue weighted by Gasteiger charge is 2.62. The van der Waals surface area contributed by atoms with Crippen LogP contribution < -0.4 is 15.8 Å². The number of alkyl halides is 7. The Labute approximate surface area is 213 Å². The van der Waals surface area contributed by atoms with Crippen molar-refractivity contribution in [3.8, 4) is 11.8 Å². The molecule has 3 rings (SSSR count). The zero-order valence-electron chi connectivity index (χ0n) is 18.9. The van der Waals surface area contributed by atoms with Crippen LogP contribution in [0.1, 0.15) is 34.5 Å². The minimum Gasteiger partial charge on any atom is -0.428 e. The van der Waals surface area contributed by atoms with Gasteiger partial charge in [0.2, 0.25) is 0 Å². The number of benzene rings is 1. The van der Waals surface area contributed by atoms with Crippen LogP contribution in [0.15, 0.2) is 23.3 Å². The maximum atomic E-state index is 14.7. The van der Waals surface area contributed by atoms with E-state index in [9.17, 15) is 39.9 Å². The number of amides is 1. The molecule has 1 heterocycles. The van der Waals surface area contributed by atoms with Crippen LogP contribution in [0.2, 0.25) is 5.02 Å². The SMILES string of the molecule is Cn1nc(C(F)(F)C(F)(F)F)c(OC(F)F)c1N=CC(=CN)c1cc(C(=O)NC2(C#N)CC2)c(Cl)cc1F. The molecule has 2 aromatic rings. The minimum atomic E-state index is -6.21. The van der Waals surface area contributed by atoms with Gasteiger partial charge in [0.25, 0.3) is 5.91 Å². The number of aliphatic imine (C=N–C) groups is 1. The van der Waals surface area contributed by atoms with Crippen LogP contribution >= 0.6 is 11.6 Å². The van der Waals surface area contributed by atoms with E-state index in [2.05, 4.69) is 20.1 Å². The molecule has 3 N–H and O–H groups in total. The number of ether oxygens (including phenoxy) is 1. The van der Waals surface area contributed by atoms with E-state index in [-0.39, 0.29) is 16.2 Å². The number of halogens is 9. The summed E-state index contributed by atoms with van der Waals surface area (Å²) < 4.78 is 111. The van der Waals surface area contributed by atoms with Gasteiger partial charge < -0.3 is 15.8 Å². The maximum Gasteiger partial charge on any atom is 0.459 e. The second kappa shape index (κ2) is 10.1. The molecule has 1 aliphatic rings. The average molecular weight is 571 g/mol. The lowest BCUT2D eigenvalue weighted by Gasteiger charge is -2.18. The van der Waals surface area contributed by atoms with Crippen molar-refractivity contribution in [1.29, 1.82) is 5.26 Å². The summed E-state index contributed by atoms with van der Waals surface area (Å²) in [6.07, 6.45) is -4.09. The van der Waals surface area contributed by atoms with Crippen molar-refractivity contribution >= 4 is 35.1 Å². The second-order valence-corrected chi connectivity index (χ2v) is 8.32. The molecule has 1 aromatic carbocycles. The predicted octanol–water partition coefficient (Wildman–Crippen LogP) is 4.96. The summed E-state index contributed by atoms with van der Waals surface area (Å²) in [5.74, 6) is -10.3. The van der Waals surface area contributed by atoms with E-state index in [1.807, 2.05) is 6.07 Å². The Balaban J connectivity index is 2.04. The summed E-state index contributed by atoms with van der Waals surface area (Å²) in [6, 6.07) is 3.57. The van der Waals surface area contributed by atoms with E-state index in [1.165, 1.54) is 0 Å². The number of rotatable bonds is 8. The average Bonchev–Trinajstić information content (AvgIpc) is 3.51. The van der Waals surface area contributed by atoms with Gasteiger partial charge in [-0.05, 0) is 25.0 Å². The van der Waals surface area contributed by atoms with Gasteiger partial charge in [-0.3, -0.25) is 4.79 Å². The molecule has 1 fully saturated rings. The highest BCUT2D eigenvalue weighted by atomic mass is 35.5. The first kappa shape index (κ1) is 28.7. The number of nitrogens with zero attached hydrogens (tertiary/aromatic N) is 4. The van der Waals surface area contributed by atoms with Crippen LogP contribution in [0, 0.1) is 17.1 Å². The molecule has 0 atom stereocenters. The van der Waals surface area contributed by atoms with Crippen molar-refractivity contribution < 1.29 is 44.7 Å².